The van der Waals surface area contributed by atoms with Gasteiger partial charge in [0, 0.05) is 10.9 Å². The van der Waals surface area contributed by atoms with Gasteiger partial charge in [0.05, 0.1) is 12.6 Å². The highest BCUT2D eigenvalue weighted by molar-refractivity contribution is 7.09. The lowest BCUT2D eigenvalue weighted by atomic mass is 10.1. The molecule has 0 saturated carbocycles. The Morgan fingerprint density at radius 2 is 2.32 bits per heavy atom. The lowest BCUT2D eigenvalue weighted by Crippen LogP contribution is -2.07. The number of thiazole rings is 1. The Morgan fingerprint density at radius 3 is 2.95 bits per heavy atom. The molecule has 0 aliphatic heterocycles. The number of hydrogen-bond donors (Lipinski definition) is 1. The van der Waals surface area contributed by atoms with Crippen molar-refractivity contribution in [2.75, 3.05) is 6.61 Å². The van der Waals surface area contributed by atoms with Crippen LogP contribution in [0.4, 0.5) is 0 Å². The predicted molar refractivity (Wildman–Crippen MR) is 75.8 cm³/mol. The lowest BCUT2D eigenvalue weighted by Gasteiger charge is -2.04. The number of aromatic nitrogens is 1. The van der Waals surface area contributed by atoms with Crippen molar-refractivity contribution in [1.29, 1.82) is 0 Å². The van der Waals surface area contributed by atoms with Gasteiger partial charge in [0.2, 0.25) is 5.78 Å². The van der Waals surface area contributed by atoms with Crippen molar-refractivity contribution in [3.63, 3.8) is 0 Å². The summed E-state index contributed by atoms with van der Waals surface area (Å²) in [6.07, 6.45) is 0. The second kappa shape index (κ2) is 5.95. The van der Waals surface area contributed by atoms with Gasteiger partial charge in [-0.15, -0.1) is 11.3 Å². The van der Waals surface area contributed by atoms with Crippen LogP contribution in [0.5, 0.6) is 5.75 Å². The molecule has 1 unspecified atom stereocenters. The molecule has 0 fully saturated rings. The highest BCUT2D eigenvalue weighted by Gasteiger charge is 2.15. The molecule has 0 radical (unpaired) electrons. The third-order valence-electron chi connectivity index (χ3n) is 2.55. The van der Waals surface area contributed by atoms with Crippen LogP contribution >= 0.6 is 11.3 Å². The van der Waals surface area contributed by atoms with Crippen molar-refractivity contribution >= 4 is 17.1 Å². The second-order valence-electron chi connectivity index (χ2n) is 4.15. The minimum Gasteiger partial charge on any atom is -0.494 e. The number of ether oxygens (including phenoxy) is 1. The van der Waals surface area contributed by atoms with E-state index in [9.17, 15) is 4.79 Å². The van der Waals surface area contributed by atoms with Gasteiger partial charge in [0.25, 0.3) is 0 Å². The van der Waals surface area contributed by atoms with Crippen molar-refractivity contribution in [2.45, 2.75) is 19.9 Å². The molecule has 1 aromatic carbocycles. The molecule has 5 heteroatoms. The van der Waals surface area contributed by atoms with Crippen LogP contribution in [0, 0.1) is 0 Å². The molecular weight excluding hydrogens is 260 g/mol. The molecule has 19 heavy (non-hydrogen) atoms. The molecule has 100 valence electrons. The van der Waals surface area contributed by atoms with Crippen LogP contribution in [-0.2, 0) is 0 Å². The van der Waals surface area contributed by atoms with E-state index in [2.05, 4.69) is 4.98 Å². The maximum atomic E-state index is 12.3. The van der Waals surface area contributed by atoms with Crippen LogP contribution in [0.1, 0.15) is 40.9 Å². The van der Waals surface area contributed by atoms with Crippen molar-refractivity contribution in [2.24, 2.45) is 5.73 Å². The number of carbonyl (C=O) groups excluding carboxylic acids is 1. The Hall–Kier alpha value is -1.72. The van der Waals surface area contributed by atoms with E-state index < -0.39 is 0 Å². The quantitative estimate of drug-likeness (QED) is 0.853. The molecule has 0 amide bonds. The van der Waals surface area contributed by atoms with Crippen molar-refractivity contribution in [1.82, 2.24) is 4.98 Å². The highest BCUT2D eigenvalue weighted by Crippen LogP contribution is 2.20. The fourth-order valence-corrected chi connectivity index (χ4v) is 2.40. The third kappa shape index (κ3) is 3.19. The third-order valence-corrected chi connectivity index (χ3v) is 3.60. The van der Waals surface area contributed by atoms with Gasteiger partial charge in [-0.3, -0.25) is 4.79 Å². The SMILES string of the molecule is CCOc1cccc(C(=O)c2csc(C(C)N)n2)c1. The van der Waals surface area contributed by atoms with Crippen LogP contribution in [-0.4, -0.2) is 17.4 Å². The van der Waals surface area contributed by atoms with E-state index >= 15 is 0 Å². The Bertz CT molecular complexity index is 578. The fourth-order valence-electron chi connectivity index (χ4n) is 1.64. The molecule has 1 heterocycles. The largest absolute Gasteiger partial charge is 0.494 e. The standard InChI is InChI=1S/C14H16N2O2S/c1-3-18-11-6-4-5-10(7-11)13(17)12-8-19-14(16-12)9(2)15/h4-9H,3,15H2,1-2H3. The molecule has 0 aliphatic rings. The van der Waals surface area contributed by atoms with E-state index in [4.69, 9.17) is 10.5 Å². The zero-order valence-corrected chi connectivity index (χ0v) is 11.7. The molecular formula is C14H16N2O2S. The van der Waals surface area contributed by atoms with Gasteiger partial charge in [-0.25, -0.2) is 4.98 Å². The van der Waals surface area contributed by atoms with Gasteiger partial charge >= 0.3 is 0 Å². The molecule has 0 saturated heterocycles. The normalized spacial score (nSPS) is 12.2. The summed E-state index contributed by atoms with van der Waals surface area (Å²) in [6, 6.07) is 6.97. The summed E-state index contributed by atoms with van der Waals surface area (Å²) >= 11 is 1.41. The van der Waals surface area contributed by atoms with Crippen molar-refractivity contribution in [3.05, 3.63) is 45.9 Å². The Labute approximate surface area is 116 Å². The number of benzene rings is 1. The average Bonchev–Trinajstić information content (AvgIpc) is 2.88. The molecule has 1 aromatic heterocycles. The van der Waals surface area contributed by atoms with Gasteiger partial charge in [-0.2, -0.15) is 0 Å². The van der Waals surface area contributed by atoms with E-state index in [-0.39, 0.29) is 11.8 Å². The van der Waals surface area contributed by atoms with Gasteiger partial charge < -0.3 is 10.5 Å². The van der Waals surface area contributed by atoms with Gasteiger partial charge in [-0.05, 0) is 26.0 Å². The number of hydrogen-bond acceptors (Lipinski definition) is 5. The van der Waals surface area contributed by atoms with Crippen molar-refractivity contribution in [3.8, 4) is 5.75 Å². The summed E-state index contributed by atoms with van der Waals surface area (Å²) in [7, 11) is 0. The molecule has 4 nitrogen and oxygen atoms in total. The van der Waals surface area contributed by atoms with Crippen LogP contribution in [0.3, 0.4) is 0 Å². The summed E-state index contributed by atoms with van der Waals surface area (Å²) in [6.45, 7) is 4.33. The Morgan fingerprint density at radius 1 is 1.53 bits per heavy atom. The zero-order chi connectivity index (χ0) is 13.8. The van der Waals surface area contributed by atoms with E-state index in [0.29, 0.717) is 23.6 Å². The zero-order valence-electron chi connectivity index (χ0n) is 10.9. The molecule has 0 bridgehead atoms. The Kier molecular flexibility index (Phi) is 4.29. The highest BCUT2D eigenvalue weighted by atomic mass is 32.1. The first-order valence-electron chi connectivity index (χ1n) is 6.10. The molecule has 2 N–H and O–H groups in total. The molecule has 0 aliphatic carbocycles. The maximum Gasteiger partial charge on any atom is 0.212 e. The monoisotopic (exact) mass is 276 g/mol. The van der Waals surface area contributed by atoms with Crippen molar-refractivity contribution < 1.29 is 9.53 Å². The summed E-state index contributed by atoms with van der Waals surface area (Å²) in [5, 5.41) is 2.51. The molecule has 1 atom stereocenters. The topological polar surface area (TPSA) is 65.2 Å². The average molecular weight is 276 g/mol. The smallest absolute Gasteiger partial charge is 0.212 e. The van der Waals surface area contributed by atoms with Gasteiger partial charge in [0.1, 0.15) is 16.5 Å². The number of nitrogens with zero attached hydrogens (tertiary/aromatic N) is 1. The van der Waals surface area contributed by atoms with Gasteiger partial charge in [0.15, 0.2) is 0 Å². The molecule has 2 aromatic rings. The first-order chi connectivity index (χ1) is 9.11. The Balaban J connectivity index is 2.25. The number of nitrogens with two attached hydrogens (primary N) is 1. The second-order valence-corrected chi connectivity index (χ2v) is 5.04. The van der Waals surface area contributed by atoms with E-state index in [0.717, 1.165) is 5.01 Å². The van der Waals surface area contributed by atoms with Crippen LogP contribution < -0.4 is 10.5 Å². The fraction of sp³-hybridized carbons (Fsp3) is 0.286. The van der Waals surface area contributed by atoms with Crippen LogP contribution in [0.2, 0.25) is 0 Å². The molecule has 0 spiro atoms. The predicted octanol–water partition coefficient (Wildman–Crippen LogP) is 2.79. The van der Waals surface area contributed by atoms with E-state index in [1.54, 1.807) is 23.6 Å². The maximum absolute atomic E-state index is 12.3. The van der Waals surface area contributed by atoms with Gasteiger partial charge in [-0.1, -0.05) is 12.1 Å². The minimum absolute atomic E-state index is 0.107. The first kappa shape index (κ1) is 13.7. The van der Waals surface area contributed by atoms with E-state index in [1.165, 1.54) is 11.3 Å². The lowest BCUT2D eigenvalue weighted by molar-refractivity contribution is 0.103. The summed E-state index contributed by atoms with van der Waals surface area (Å²) in [4.78, 5) is 16.6. The molecule has 2 rings (SSSR count). The van der Waals surface area contributed by atoms with Crippen LogP contribution in [0.25, 0.3) is 0 Å². The number of rotatable bonds is 5. The first-order valence-corrected chi connectivity index (χ1v) is 6.98. The minimum atomic E-state index is -0.152. The summed E-state index contributed by atoms with van der Waals surface area (Å²) in [5.41, 5.74) is 6.76. The number of ketones is 1. The van der Waals surface area contributed by atoms with E-state index in [1.807, 2.05) is 19.9 Å². The summed E-state index contributed by atoms with van der Waals surface area (Å²) in [5.74, 6) is 0.584. The summed E-state index contributed by atoms with van der Waals surface area (Å²) < 4.78 is 5.39. The van der Waals surface area contributed by atoms with Crippen LogP contribution in [0.15, 0.2) is 29.6 Å². The number of carbonyl (C=O) groups is 1.